The van der Waals surface area contributed by atoms with Crippen molar-refractivity contribution in [3.63, 3.8) is 0 Å². The number of benzene rings is 1. The first-order valence-corrected chi connectivity index (χ1v) is 7.50. The standard InChI is InChI=1S/C17H21NO4/c1-4-6-13-12(5-2)16-17(22-10-21-16)15(11(3)20)14(13)7-8-18-9-19/h7-9H,4-6,10H2,1-3H3,(H,18,19)/b8-7+. The molecule has 0 unspecified atom stereocenters. The Hall–Kier alpha value is -2.30. The zero-order valence-electron chi connectivity index (χ0n) is 13.2. The Balaban J connectivity index is 2.74. The number of Topliss-reactive ketones (excluding diaryl/α,β-unsaturated/α-hetero) is 1. The van der Waals surface area contributed by atoms with Crippen molar-refractivity contribution in [2.24, 2.45) is 0 Å². The molecule has 1 aliphatic heterocycles. The molecule has 1 aromatic rings. The van der Waals surface area contributed by atoms with E-state index >= 15 is 0 Å². The van der Waals surface area contributed by atoms with Crippen LogP contribution in [0.4, 0.5) is 0 Å². The topological polar surface area (TPSA) is 64.6 Å². The minimum Gasteiger partial charge on any atom is -0.453 e. The van der Waals surface area contributed by atoms with Crippen LogP contribution in [0.2, 0.25) is 0 Å². The molecule has 2 rings (SSSR count). The van der Waals surface area contributed by atoms with Crippen molar-refractivity contribution in [1.82, 2.24) is 5.32 Å². The smallest absolute Gasteiger partial charge is 0.231 e. The van der Waals surface area contributed by atoms with Crippen LogP contribution < -0.4 is 14.8 Å². The molecule has 0 bridgehead atoms. The average Bonchev–Trinajstić information content (AvgIpc) is 2.96. The average molecular weight is 303 g/mol. The first kappa shape index (κ1) is 16.1. The maximum absolute atomic E-state index is 12.2. The first-order chi connectivity index (χ1) is 10.7. The maximum Gasteiger partial charge on any atom is 0.231 e. The lowest BCUT2D eigenvalue weighted by molar-refractivity contribution is -0.108. The van der Waals surface area contributed by atoms with Crippen LogP contribution in [-0.2, 0) is 17.6 Å². The Morgan fingerprint density at radius 2 is 1.95 bits per heavy atom. The van der Waals surface area contributed by atoms with Crippen molar-refractivity contribution in [2.75, 3.05) is 6.79 Å². The Kier molecular flexibility index (Phi) is 5.20. The van der Waals surface area contributed by atoms with E-state index in [1.165, 1.54) is 13.1 Å². The van der Waals surface area contributed by atoms with Crippen LogP contribution in [-0.4, -0.2) is 19.0 Å². The van der Waals surface area contributed by atoms with E-state index in [0.29, 0.717) is 23.5 Å². The van der Waals surface area contributed by atoms with Gasteiger partial charge in [-0.1, -0.05) is 20.3 Å². The molecule has 1 aliphatic rings. The van der Waals surface area contributed by atoms with Crippen molar-refractivity contribution in [1.29, 1.82) is 0 Å². The largest absolute Gasteiger partial charge is 0.453 e. The zero-order valence-corrected chi connectivity index (χ0v) is 13.2. The van der Waals surface area contributed by atoms with E-state index < -0.39 is 0 Å². The fourth-order valence-electron chi connectivity index (χ4n) is 2.87. The molecule has 118 valence electrons. The number of hydrogen-bond acceptors (Lipinski definition) is 4. The maximum atomic E-state index is 12.2. The molecule has 0 radical (unpaired) electrons. The van der Waals surface area contributed by atoms with E-state index in [0.717, 1.165) is 36.0 Å². The molecular weight excluding hydrogens is 282 g/mol. The van der Waals surface area contributed by atoms with Gasteiger partial charge in [0.05, 0.1) is 5.56 Å². The highest BCUT2D eigenvalue weighted by Crippen LogP contribution is 2.44. The zero-order chi connectivity index (χ0) is 16.1. The number of hydrogen-bond donors (Lipinski definition) is 1. The van der Waals surface area contributed by atoms with Gasteiger partial charge in [-0.15, -0.1) is 0 Å². The van der Waals surface area contributed by atoms with E-state index in [-0.39, 0.29) is 12.6 Å². The molecule has 1 aromatic carbocycles. The number of ketones is 1. The van der Waals surface area contributed by atoms with Crippen LogP contribution in [0.15, 0.2) is 6.20 Å². The number of amides is 1. The van der Waals surface area contributed by atoms with Crippen LogP contribution >= 0.6 is 0 Å². The molecule has 0 aliphatic carbocycles. The van der Waals surface area contributed by atoms with E-state index in [4.69, 9.17) is 9.47 Å². The highest BCUT2D eigenvalue weighted by molar-refractivity contribution is 6.02. The van der Waals surface area contributed by atoms with Gasteiger partial charge in [-0.25, -0.2) is 0 Å². The van der Waals surface area contributed by atoms with Gasteiger partial charge in [-0.3, -0.25) is 9.59 Å². The summed E-state index contributed by atoms with van der Waals surface area (Å²) < 4.78 is 11.2. The Labute approximate surface area is 130 Å². The minimum atomic E-state index is -0.0764. The lowest BCUT2D eigenvalue weighted by Gasteiger charge is -2.18. The predicted molar refractivity (Wildman–Crippen MR) is 84.2 cm³/mol. The van der Waals surface area contributed by atoms with Gasteiger partial charge < -0.3 is 14.8 Å². The molecule has 0 atom stereocenters. The van der Waals surface area contributed by atoms with E-state index in [1.807, 2.05) is 0 Å². The van der Waals surface area contributed by atoms with Crippen LogP contribution in [0.1, 0.15) is 54.2 Å². The summed E-state index contributed by atoms with van der Waals surface area (Å²) in [5.74, 6) is 1.14. The first-order valence-electron chi connectivity index (χ1n) is 7.50. The quantitative estimate of drug-likeness (QED) is 0.621. The molecule has 0 saturated carbocycles. The summed E-state index contributed by atoms with van der Waals surface area (Å²) in [5, 5.41) is 2.49. The number of rotatable bonds is 7. The molecule has 1 N–H and O–H groups in total. The van der Waals surface area contributed by atoms with Gasteiger partial charge in [0.1, 0.15) is 0 Å². The summed E-state index contributed by atoms with van der Waals surface area (Å²) >= 11 is 0. The van der Waals surface area contributed by atoms with Crippen molar-refractivity contribution in [3.8, 4) is 11.5 Å². The van der Waals surface area contributed by atoms with Crippen molar-refractivity contribution in [3.05, 3.63) is 28.5 Å². The number of carbonyl (C=O) groups excluding carboxylic acids is 2. The lowest BCUT2D eigenvalue weighted by Crippen LogP contribution is -2.07. The molecule has 5 nitrogen and oxygen atoms in total. The van der Waals surface area contributed by atoms with Crippen LogP contribution in [0.25, 0.3) is 6.08 Å². The second-order valence-electron chi connectivity index (χ2n) is 5.09. The third-order valence-corrected chi connectivity index (χ3v) is 3.69. The monoisotopic (exact) mass is 303 g/mol. The third kappa shape index (κ3) is 2.84. The van der Waals surface area contributed by atoms with E-state index in [2.05, 4.69) is 19.2 Å². The number of nitrogens with one attached hydrogen (secondary N) is 1. The number of fused-ring (bicyclic) bond motifs is 1. The Morgan fingerprint density at radius 3 is 2.55 bits per heavy atom. The van der Waals surface area contributed by atoms with E-state index in [9.17, 15) is 9.59 Å². The number of ether oxygens (including phenoxy) is 2. The number of carbonyl (C=O) groups is 2. The predicted octanol–water partition coefficient (Wildman–Crippen LogP) is 2.85. The summed E-state index contributed by atoms with van der Waals surface area (Å²) in [6.07, 6.45) is 6.47. The normalized spacial score (nSPS) is 12.7. The summed E-state index contributed by atoms with van der Waals surface area (Å²) in [7, 11) is 0. The summed E-state index contributed by atoms with van der Waals surface area (Å²) in [4.78, 5) is 22.6. The van der Waals surface area contributed by atoms with E-state index in [1.54, 1.807) is 6.08 Å². The fourth-order valence-corrected chi connectivity index (χ4v) is 2.87. The van der Waals surface area contributed by atoms with Gasteiger partial charge in [-0.2, -0.15) is 0 Å². The molecule has 5 heteroatoms. The third-order valence-electron chi connectivity index (χ3n) is 3.69. The van der Waals surface area contributed by atoms with Gasteiger partial charge in [-0.05, 0) is 37.0 Å². The highest BCUT2D eigenvalue weighted by atomic mass is 16.7. The Morgan fingerprint density at radius 1 is 1.23 bits per heavy atom. The second-order valence-corrected chi connectivity index (χ2v) is 5.09. The van der Waals surface area contributed by atoms with Gasteiger partial charge in [0.2, 0.25) is 13.2 Å². The fraction of sp³-hybridized carbons (Fsp3) is 0.412. The lowest BCUT2D eigenvalue weighted by atomic mass is 9.88. The van der Waals surface area contributed by atoms with Crippen molar-refractivity contribution < 1.29 is 19.1 Å². The minimum absolute atomic E-state index is 0.0764. The molecule has 0 aromatic heterocycles. The van der Waals surface area contributed by atoms with Crippen LogP contribution in [0.5, 0.6) is 11.5 Å². The highest BCUT2D eigenvalue weighted by Gasteiger charge is 2.29. The molecule has 0 fully saturated rings. The molecule has 1 amide bonds. The molecule has 1 heterocycles. The van der Waals surface area contributed by atoms with Crippen LogP contribution in [0.3, 0.4) is 0 Å². The van der Waals surface area contributed by atoms with Gasteiger partial charge in [0, 0.05) is 11.8 Å². The van der Waals surface area contributed by atoms with Gasteiger partial charge in [0.15, 0.2) is 17.3 Å². The van der Waals surface area contributed by atoms with Crippen molar-refractivity contribution in [2.45, 2.75) is 40.0 Å². The Bertz CT molecular complexity index is 620. The van der Waals surface area contributed by atoms with Crippen molar-refractivity contribution >= 4 is 18.3 Å². The second kappa shape index (κ2) is 7.11. The van der Waals surface area contributed by atoms with Crippen LogP contribution in [0, 0.1) is 0 Å². The summed E-state index contributed by atoms with van der Waals surface area (Å²) in [5.41, 5.74) is 3.50. The van der Waals surface area contributed by atoms with Gasteiger partial charge in [0.25, 0.3) is 0 Å². The SMILES string of the molecule is CCCc1c(/C=C/NC=O)c(C(C)=O)c2c(c1CC)OCO2. The molecule has 22 heavy (non-hydrogen) atoms. The molecule has 0 saturated heterocycles. The van der Waals surface area contributed by atoms with Gasteiger partial charge >= 0.3 is 0 Å². The molecule has 0 spiro atoms. The summed E-state index contributed by atoms with van der Waals surface area (Å²) in [6.45, 7) is 5.80. The summed E-state index contributed by atoms with van der Waals surface area (Å²) in [6, 6.07) is 0. The molecular formula is C17H21NO4.